The van der Waals surface area contributed by atoms with E-state index in [0.717, 1.165) is 22.2 Å². The summed E-state index contributed by atoms with van der Waals surface area (Å²) in [6, 6.07) is 14.9. The fourth-order valence-electron chi connectivity index (χ4n) is 4.31. The van der Waals surface area contributed by atoms with Crippen molar-refractivity contribution in [1.29, 1.82) is 0 Å². The van der Waals surface area contributed by atoms with Crippen LogP contribution < -0.4 is 16.8 Å². The first kappa shape index (κ1) is 24.8. The van der Waals surface area contributed by atoms with Gasteiger partial charge in [-0.25, -0.2) is 14.4 Å². The smallest absolute Gasteiger partial charge is 0.251 e. The van der Waals surface area contributed by atoms with E-state index in [1.807, 2.05) is 39.0 Å². The second-order valence-electron chi connectivity index (χ2n) is 9.32. The normalized spacial score (nSPS) is 11.2. The zero-order valence-corrected chi connectivity index (χ0v) is 21.2. The van der Waals surface area contributed by atoms with Crippen LogP contribution in [0, 0.1) is 12.7 Å². The van der Waals surface area contributed by atoms with Gasteiger partial charge in [0.1, 0.15) is 17.3 Å². The van der Waals surface area contributed by atoms with Gasteiger partial charge in [-0.2, -0.15) is 0 Å². The van der Waals surface area contributed by atoms with Crippen molar-refractivity contribution in [2.45, 2.75) is 26.8 Å². The molecular weight excluding hydrogens is 481 g/mol. The minimum Gasteiger partial charge on any atom is -0.397 e. The van der Waals surface area contributed by atoms with Gasteiger partial charge in [0.05, 0.1) is 28.8 Å². The molecule has 5 rings (SSSR count). The number of carbonyl (C=O) groups is 1. The molecule has 0 aliphatic heterocycles. The Balaban J connectivity index is 1.62. The molecule has 0 spiro atoms. The second kappa shape index (κ2) is 9.85. The van der Waals surface area contributed by atoms with Crippen molar-refractivity contribution < 1.29 is 9.18 Å². The Hall–Kier alpha value is -4.92. The number of nitrogens with zero attached hydrogens (tertiary/aromatic N) is 4. The lowest BCUT2D eigenvalue weighted by molar-refractivity contribution is 0.0943. The highest BCUT2D eigenvalue weighted by molar-refractivity contribution is 5.97. The van der Waals surface area contributed by atoms with Crippen LogP contribution in [0.3, 0.4) is 0 Å². The van der Waals surface area contributed by atoms with E-state index in [0.29, 0.717) is 39.7 Å². The average Bonchev–Trinajstić information content (AvgIpc) is 2.87. The zero-order valence-electron chi connectivity index (χ0n) is 21.2. The van der Waals surface area contributed by atoms with E-state index in [1.165, 1.54) is 18.2 Å². The number of rotatable bonds is 5. The molecule has 0 bridgehead atoms. The third-order valence-corrected chi connectivity index (χ3v) is 6.01. The number of nitrogens with two attached hydrogens (primary N) is 2. The predicted octanol–water partition coefficient (Wildman–Crippen LogP) is 5.17. The lowest BCUT2D eigenvalue weighted by atomic mass is 10.0. The van der Waals surface area contributed by atoms with Crippen LogP contribution in [0.4, 0.5) is 15.9 Å². The minimum atomic E-state index is -0.502. The van der Waals surface area contributed by atoms with Crippen molar-refractivity contribution in [2.75, 3.05) is 11.5 Å². The molecule has 5 N–H and O–H groups in total. The fraction of sp³-hybridized carbons (Fsp3) is 0.138. The summed E-state index contributed by atoms with van der Waals surface area (Å²) in [6.45, 7) is 5.60. The van der Waals surface area contributed by atoms with Crippen LogP contribution in [0.2, 0.25) is 0 Å². The van der Waals surface area contributed by atoms with E-state index in [9.17, 15) is 9.18 Å². The molecule has 8 nitrogen and oxygen atoms in total. The zero-order chi connectivity index (χ0) is 27.0. The lowest BCUT2D eigenvalue weighted by Crippen LogP contribution is -2.30. The van der Waals surface area contributed by atoms with Crippen molar-refractivity contribution in [3.63, 3.8) is 0 Å². The number of hydrogen-bond donors (Lipinski definition) is 3. The van der Waals surface area contributed by atoms with E-state index in [-0.39, 0.29) is 17.5 Å². The van der Waals surface area contributed by atoms with Crippen molar-refractivity contribution in [2.24, 2.45) is 0 Å². The number of fused-ring (bicyclic) bond motifs is 1. The van der Waals surface area contributed by atoms with Crippen molar-refractivity contribution in [1.82, 2.24) is 25.3 Å². The molecule has 0 fully saturated rings. The number of amides is 1. The van der Waals surface area contributed by atoms with Gasteiger partial charge in [0.25, 0.3) is 5.91 Å². The van der Waals surface area contributed by atoms with Gasteiger partial charge in [0.15, 0.2) is 0 Å². The molecule has 4 aromatic heterocycles. The molecule has 0 radical (unpaired) electrons. The standard InChI is InChI=1S/C29H26FN7O/c1-15(2)35-29(38)17-4-5-22(30)21(11-17)24-7-6-23(31)28(37-24)25-13-20-19(8-9-33-26(20)14-34-25)18-10-16(3)36-27(32)12-18/h4-15H,31H2,1-3H3,(H2,32,36)(H,35,38). The Labute approximate surface area is 219 Å². The third kappa shape index (κ3) is 4.86. The van der Waals surface area contributed by atoms with Gasteiger partial charge >= 0.3 is 0 Å². The molecule has 9 heteroatoms. The van der Waals surface area contributed by atoms with Crippen LogP contribution in [0.25, 0.3) is 44.7 Å². The van der Waals surface area contributed by atoms with Crippen LogP contribution in [-0.2, 0) is 0 Å². The summed E-state index contributed by atoms with van der Waals surface area (Å²) < 4.78 is 14.9. The van der Waals surface area contributed by atoms with E-state index < -0.39 is 5.82 Å². The molecule has 1 amide bonds. The topological polar surface area (TPSA) is 133 Å². The average molecular weight is 508 g/mol. The van der Waals surface area contributed by atoms with Crippen LogP contribution in [-0.4, -0.2) is 31.9 Å². The molecule has 0 atom stereocenters. The Morgan fingerprint density at radius 3 is 2.50 bits per heavy atom. The Bertz CT molecular complexity index is 1680. The summed E-state index contributed by atoms with van der Waals surface area (Å²) in [5.41, 5.74) is 17.7. The molecule has 0 saturated carbocycles. The summed E-state index contributed by atoms with van der Waals surface area (Å²) in [5, 5.41) is 3.64. The summed E-state index contributed by atoms with van der Waals surface area (Å²) in [4.78, 5) is 30.4. The van der Waals surface area contributed by atoms with Crippen LogP contribution >= 0.6 is 0 Å². The molecule has 4 heterocycles. The molecule has 38 heavy (non-hydrogen) atoms. The molecule has 1 aromatic carbocycles. The maximum atomic E-state index is 14.9. The summed E-state index contributed by atoms with van der Waals surface area (Å²) in [5.74, 6) is -0.373. The number of carbonyl (C=O) groups excluding carboxylic acids is 1. The number of pyridine rings is 4. The third-order valence-electron chi connectivity index (χ3n) is 6.01. The predicted molar refractivity (Wildman–Crippen MR) is 148 cm³/mol. The second-order valence-corrected chi connectivity index (χ2v) is 9.32. The quantitative estimate of drug-likeness (QED) is 0.299. The van der Waals surface area contributed by atoms with Crippen LogP contribution in [0.1, 0.15) is 29.9 Å². The number of anilines is 2. The van der Waals surface area contributed by atoms with Gasteiger partial charge in [0.2, 0.25) is 0 Å². The fourth-order valence-corrected chi connectivity index (χ4v) is 4.31. The highest BCUT2D eigenvalue weighted by Crippen LogP contribution is 2.33. The first-order valence-electron chi connectivity index (χ1n) is 12.1. The number of halogens is 1. The monoisotopic (exact) mass is 507 g/mol. The largest absolute Gasteiger partial charge is 0.397 e. The Kier molecular flexibility index (Phi) is 6.42. The summed E-state index contributed by atoms with van der Waals surface area (Å²) in [7, 11) is 0. The van der Waals surface area contributed by atoms with Crippen LogP contribution in [0.5, 0.6) is 0 Å². The first-order valence-corrected chi connectivity index (χ1v) is 12.1. The molecule has 0 unspecified atom stereocenters. The molecule has 0 saturated heterocycles. The Morgan fingerprint density at radius 1 is 0.921 bits per heavy atom. The molecule has 0 aliphatic carbocycles. The van der Waals surface area contributed by atoms with Crippen molar-refractivity contribution in [3.8, 4) is 33.8 Å². The van der Waals surface area contributed by atoms with Gasteiger partial charge in [0, 0.05) is 34.4 Å². The maximum Gasteiger partial charge on any atom is 0.251 e. The lowest BCUT2D eigenvalue weighted by Gasteiger charge is -2.12. The SMILES string of the molecule is Cc1cc(-c2ccnc3cnc(-c4nc(-c5cc(C(=O)NC(C)C)ccc5F)ccc4N)cc23)cc(N)n1. The minimum absolute atomic E-state index is 0.0527. The number of aromatic nitrogens is 4. The molecule has 5 aromatic rings. The van der Waals surface area contributed by atoms with E-state index in [1.54, 1.807) is 30.6 Å². The van der Waals surface area contributed by atoms with Gasteiger partial charge in [-0.1, -0.05) is 0 Å². The van der Waals surface area contributed by atoms with E-state index >= 15 is 0 Å². The number of nitrogens with one attached hydrogen (secondary N) is 1. The van der Waals surface area contributed by atoms with E-state index in [4.69, 9.17) is 11.5 Å². The van der Waals surface area contributed by atoms with Gasteiger partial charge < -0.3 is 16.8 Å². The number of nitrogen functional groups attached to an aromatic ring is 2. The molecular formula is C29H26FN7O. The highest BCUT2D eigenvalue weighted by atomic mass is 19.1. The van der Waals surface area contributed by atoms with Gasteiger partial charge in [-0.3, -0.25) is 14.8 Å². The Morgan fingerprint density at radius 2 is 1.74 bits per heavy atom. The van der Waals surface area contributed by atoms with E-state index in [2.05, 4.69) is 25.3 Å². The maximum absolute atomic E-state index is 14.9. The summed E-state index contributed by atoms with van der Waals surface area (Å²) >= 11 is 0. The highest BCUT2D eigenvalue weighted by Gasteiger charge is 2.16. The first-order chi connectivity index (χ1) is 18.2. The number of aryl methyl sites for hydroxylation is 1. The van der Waals surface area contributed by atoms with Crippen molar-refractivity contribution >= 4 is 28.3 Å². The summed E-state index contributed by atoms with van der Waals surface area (Å²) in [6.07, 6.45) is 3.36. The van der Waals surface area contributed by atoms with Gasteiger partial charge in [-0.05, 0) is 86.5 Å². The number of benzene rings is 1. The van der Waals surface area contributed by atoms with Gasteiger partial charge in [-0.15, -0.1) is 0 Å². The number of hydrogen-bond acceptors (Lipinski definition) is 7. The molecule has 0 aliphatic rings. The van der Waals surface area contributed by atoms with Crippen molar-refractivity contribution in [3.05, 3.63) is 84.1 Å². The van der Waals surface area contributed by atoms with Crippen LogP contribution in [0.15, 0.2) is 67.0 Å². The molecule has 190 valence electrons.